The van der Waals surface area contributed by atoms with Crippen LogP contribution in [0.5, 0.6) is 0 Å². The van der Waals surface area contributed by atoms with Crippen molar-refractivity contribution in [2.45, 2.75) is 88.3 Å². The molecule has 1 nitrogen and oxygen atoms in total. The van der Waals surface area contributed by atoms with Gasteiger partial charge in [0.1, 0.15) is 0 Å². The summed E-state index contributed by atoms with van der Waals surface area (Å²) in [4.78, 5) is 0. The van der Waals surface area contributed by atoms with Crippen LogP contribution in [0.4, 0.5) is 35.1 Å². The minimum atomic E-state index is -5.59. The summed E-state index contributed by atoms with van der Waals surface area (Å²) < 4.78 is 102. The quantitative estimate of drug-likeness (QED) is 0.265. The number of ether oxygens (including phenoxy) is 1. The second-order valence-electron chi connectivity index (χ2n) is 5.84. The van der Waals surface area contributed by atoms with Crippen LogP contribution in [0.3, 0.4) is 0 Å². The first-order valence-electron chi connectivity index (χ1n) is 7.62. The maximum Gasteiger partial charge on any atom is 0.456 e. The highest BCUT2D eigenvalue weighted by Crippen LogP contribution is 2.48. The van der Waals surface area contributed by atoms with Crippen LogP contribution in [-0.2, 0) is 4.74 Å². The van der Waals surface area contributed by atoms with Gasteiger partial charge in [0, 0.05) is 6.42 Å². The van der Waals surface area contributed by atoms with Gasteiger partial charge in [0.15, 0.2) is 6.10 Å². The van der Waals surface area contributed by atoms with E-state index in [1.54, 1.807) is 0 Å². The monoisotopic (exact) mass is 356 g/mol. The van der Waals surface area contributed by atoms with Crippen molar-refractivity contribution in [2.24, 2.45) is 0 Å². The molecule has 0 N–H and O–H groups in total. The molecule has 1 saturated heterocycles. The highest BCUT2D eigenvalue weighted by Gasteiger charge is 2.70. The van der Waals surface area contributed by atoms with E-state index in [1.165, 1.54) is 0 Å². The third kappa shape index (κ3) is 7.22. The average molecular weight is 356 g/mol. The molecule has 2 unspecified atom stereocenters. The van der Waals surface area contributed by atoms with Crippen LogP contribution in [-0.4, -0.2) is 30.5 Å². The number of rotatable bonds is 10. The van der Waals surface area contributed by atoms with E-state index in [2.05, 4.69) is 4.74 Å². The summed E-state index contributed by atoms with van der Waals surface area (Å²) in [7, 11) is 0. The molecule has 23 heavy (non-hydrogen) atoms. The zero-order valence-electron chi connectivity index (χ0n) is 12.5. The number of alkyl halides is 8. The van der Waals surface area contributed by atoms with E-state index in [9.17, 15) is 35.1 Å². The molecule has 1 heterocycles. The van der Waals surface area contributed by atoms with Gasteiger partial charge in [-0.3, -0.25) is 0 Å². The first kappa shape index (κ1) is 20.4. The smallest absolute Gasteiger partial charge is 0.363 e. The van der Waals surface area contributed by atoms with Crippen molar-refractivity contribution in [1.29, 1.82) is 0 Å². The molecule has 138 valence electrons. The zero-order chi connectivity index (χ0) is 17.7. The van der Waals surface area contributed by atoms with E-state index in [4.69, 9.17) is 0 Å². The minimum Gasteiger partial charge on any atom is -0.363 e. The molecule has 0 radical (unpaired) electrons. The van der Waals surface area contributed by atoms with E-state index < -0.39 is 36.9 Å². The molecule has 0 saturated carbocycles. The molecule has 1 aliphatic heterocycles. The van der Waals surface area contributed by atoms with Gasteiger partial charge >= 0.3 is 18.3 Å². The van der Waals surface area contributed by atoms with Crippen LogP contribution < -0.4 is 0 Å². The molecule has 0 aromatic rings. The lowest BCUT2D eigenvalue weighted by Crippen LogP contribution is -2.42. The molecule has 0 amide bonds. The summed E-state index contributed by atoms with van der Waals surface area (Å²) in [6, 6.07) is 0. The summed E-state index contributed by atoms with van der Waals surface area (Å²) >= 11 is 0. The van der Waals surface area contributed by atoms with Crippen LogP contribution >= 0.6 is 0 Å². The Morgan fingerprint density at radius 2 is 1.13 bits per heavy atom. The van der Waals surface area contributed by atoms with Crippen molar-refractivity contribution >= 4 is 0 Å². The molecule has 0 aromatic carbocycles. The van der Waals surface area contributed by atoms with Crippen molar-refractivity contribution in [3.05, 3.63) is 0 Å². The predicted molar refractivity (Wildman–Crippen MR) is 67.3 cm³/mol. The van der Waals surface area contributed by atoms with Gasteiger partial charge in [0.2, 0.25) is 0 Å². The highest BCUT2D eigenvalue weighted by atomic mass is 19.4. The third-order valence-corrected chi connectivity index (χ3v) is 3.77. The molecule has 0 spiro atoms. The van der Waals surface area contributed by atoms with Gasteiger partial charge in [0.05, 0.1) is 6.10 Å². The molecule has 0 aliphatic carbocycles. The number of hydrogen-bond donors (Lipinski definition) is 0. The van der Waals surface area contributed by atoms with Crippen LogP contribution in [0.15, 0.2) is 0 Å². The Morgan fingerprint density at radius 1 is 0.652 bits per heavy atom. The topological polar surface area (TPSA) is 12.5 Å². The molecule has 0 aromatic heterocycles. The van der Waals surface area contributed by atoms with Crippen molar-refractivity contribution in [3.8, 4) is 0 Å². The molecular formula is C14H20F8O. The highest BCUT2D eigenvalue weighted by molar-refractivity contribution is 4.99. The first-order valence-corrected chi connectivity index (χ1v) is 7.62. The fourth-order valence-corrected chi connectivity index (χ4v) is 2.40. The van der Waals surface area contributed by atoms with Crippen LogP contribution in [0.1, 0.15) is 57.8 Å². The first-order chi connectivity index (χ1) is 10.5. The largest absolute Gasteiger partial charge is 0.456 e. The lowest BCUT2D eigenvalue weighted by atomic mass is 10.0. The van der Waals surface area contributed by atoms with Crippen molar-refractivity contribution in [2.75, 3.05) is 0 Å². The van der Waals surface area contributed by atoms with Gasteiger partial charge in [-0.25, -0.2) is 0 Å². The van der Waals surface area contributed by atoms with Gasteiger partial charge in [-0.1, -0.05) is 38.5 Å². The maximum atomic E-state index is 12.9. The van der Waals surface area contributed by atoms with Crippen molar-refractivity contribution in [1.82, 2.24) is 0 Å². The summed E-state index contributed by atoms with van der Waals surface area (Å²) in [6.45, 7) is 0. The third-order valence-electron chi connectivity index (χ3n) is 3.77. The van der Waals surface area contributed by atoms with Gasteiger partial charge < -0.3 is 4.74 Å². The molecule has 1 fully saturated rings. The maximum absolute atomic E-state index is 12.9. The fraction of sp³-hybridized carbons (Fsp3) is 1.00. The summed E-state index contributed by atoms with van der Waals surface area (Å²) in [5.74, 6) is -4.81. The Morgan fingerprint density at radius 3 is 1.61 bits per heavy atom. The number of halogens is 8. The van der Waals surface area contributed by atoms with Crippen LogP contribution in [0.25, 0.3) is 0 Å². The molecule has 0 bridgehead atoms. The molecular weight excluding hydrogens is 336 g/mol. The van der Waals surface area contributed by atoms with Gasteiger partial charge in [-0.05, 0) is 12.8 Å². The Labute approximate surface area is 129 Å². The van der Waals surface area contributed by atoms with E-state index in [1.807, 2.05) is 0 Å². The van der Waals surface area contributed by atoms with Gasteiger partial charge in [-0.15, -0.1) is 0 Å². The second kappa shape index (κ2) is 7.98. The Bertz CT molecular complexity index is 350. The minimum absolute atomic E-state index is 0.0909. The Balaban J connectivity index is 1.98. The molecule has 2 atom stereocenters. The summed E-state index contributed by atoms with van der Waals surface area (Å²) in [5, 5.41) is 0. The van der Waals surface area contributed by atoms with Gasteiger partial charge in [-0.2, -0.15) is 35.1 Å². The Hall–Kier alpha value is -0.600. The number of epoxide rings is 1. The van der Waals surface area contributed by atoms with E-state index in [0.29, 0.717) is 25.7 Å². The SMILES string of the molecule is FC(F)(F)CCCCCCCCCC1OC1C(F)(F)C(F)(F)F. The number of unbranched alkanes of at least 4 members (excludes halogenated alkanes) is 6. The summed E-state index contributed by atoms with van der Waals surface area (Å²) in [6.07, 6.45) is -9.72. The van der Waals surface area contributed by atoms with Crippen LogP contribution in [0.2, 0.25) is 0 Å². The predicted octanol–water partition coefficient (Wildman–Crippen LogP) is 6.02. The lowest BCUT2D eigenvalue weighted by Gasteiger charge is -2.17. The molecule has 1 rings (SSSR count). The second-order valence-corrected chi connectivity index (χ2v) is 5.84. The zero-order valence-corrected chi connectivity index (χ0v) is 12.5. The lowest BCUT2D eigenvalue weighted by molar-refractivity contribution is -0.288. The summed E-state index contributed by atoms with van der Waals surface area (Å²) in [5.41, 5.74) is 0. The van der Waals surface area contributed by atoms with Gasteiger partial charge in [0.25, 0.3) is 0 Å². The van der Waals surface area contributed by atoms with Crippen molar-refractivity contribution in [3.63, 3.8) is 0 Å². The number of hydrogen-bond acceptors (Lipinski definition) is 1. The van der Waals surface area contributed by atoms with Crippen LogP contribution in [0, 0.1) is 0 Å². The Kier molecular flexibility index (Phi) is 7.10. The standard InChI is InChI=1S/C14H20F8O/c15-12(16,17)9-7-5-3-1-2-4-6-8-10-11(23-10)13(18,19)14(20,21)22/h10-11H,1-9H2. The van der Waals surface area contributed by atoms with E-state index in [0.717, 1.165) is 12.8 Å². The molecule has 9 heteroatoms. The molecule has 1 aliphatic rings. The average Bonchev–Trinajstić information content (AvgIpc) is 3.14. The van der Waals surface area contributed by atoms with Crippen molar-refractivity contribution < 1.29 is 39.9 Å². The van der Waals surface area contributed by atoms with E-state index >= 15 is 0 Å². The van der Waals surface area contributed by atoms with E-state index in [-0.39, 0.29) is 12.8 Å². The normalized spacial score (nSPS) is 22.4. The fourth-order valence-electron chi connectivity index (χ4n) is 2.40.